The molecule has 0 unspecified atom stereocenters. The van der Waals surface area contributed by atoms with Crippen molar-refractivity contribution in [1.82, 2.24) is 5.32 Å². The molecule has 0 aromatic heterocycles. The first-order valence-corrected chi connectivity index (χ1v) is 5.39. The molecule has 0 radical (unpaired) electrons. The predicted octanol–water partition coefficient (Wildman–Crippen LogP) is 1.13. The molecule has 5 nitrogen and oxygen atoms in total. The average molecular weight is 237 g/mol. The second kappa shape index (κ2) is 5.65. The highest BCUT2D eigenvalue weighted by Gasteiger charge is 2.18. The van der Waals surface area contributed by atoms with Gasteiger partial charge in [0.2, 0.25) is 0 Å². The van der Waals surface area contributed by atoms with Crippen molar-refractivity contribution in [2.75, 3.05) is 19.1 Å². The Morgan fingerprint density at radius 3 is 2.65 bits per heavy atom. The molecule has 0 heterocycles. The Morgan fingerprint density at radius 1 is 1.41 bits per heavy atom. The molecule has 0 fully saturated rings. The molecule has 17 heavy (non-hydrogen) atoms. The van der Waals surface area contributed by atoms with E-state index in [1.807, 2.05) is 19.9 Å². The smallest absolute Gasteiger partial charge is 0.253 e. The Hall–Kier alpha value is -1.59. The van der Waals surface area contributed by atoms with E-state index in [0.717, 1.165) is 0 Å². The van der Waals surface area contributed by atoms with Crippen LogP contribution in [0.3, 0.4) is 0 Å². The van der Waals surface area contributed by atoms with E-state index < -0.39 is 0 Å². The maximum absolute atomic E-state index is 11.9. The van der Waals surface area contributed by atoms with Gasteiger partial charge in [0.05, 0.1) is 16.9 Å². The van der Waals surface area contributed by atoms with E-state index in [-0.39, 0.29) is 11.5 Å². The summed E-state index contributed by atoms with van der Waals surface area (Å²) in [5.74, 6) is 5.16. The minimum atomic E-state index is -0.388. The summed E-state index contributed by atoms with van der Waals surface area (Å²) in [6, 6.07) is 7.06. The monoisotopic (exact) mass is 237 g/mol. The van der Waals surface area contributed by atoms with Crippen molar-refractivity contribution in [3.05, 3.63) is 29.8 Å². The van der Waals surface area contributed by atoms with Crippen LogP contribution in [0.2, 0.25) is 0 Å². The number of hydrogen-bond donors (Lipinski definition) is 3. The largest absolute Gasteiger partial charge is 0.377 e. The molecule has 0 aliphatic carbocycles. The lowest BCUT2D eigenvalue weighted by Gasteiger charge is -2.23. The molecule has 1 aromatic carbocycles. The van der Waals surface area contributed by atoms with Gasteiger partial charge in [0, 0.05) is 13.7 Å². The summed E-state index contributed by atoms with van der Waals surface area (Å²) in [5, 5.41) is 2.81. The first-order chi connectivity index (χ1) is 8.00. The second-order valence-electron chi connectivity index (χ2n) is 4.34. The first-order valence-electron chi connectivity index (χ1n) is 5.39. The van der Waals surface area contributed by atoms with Crippen LogP contribution in [0.1, 0.15) is 24.2 Å². The van der Waals surface area contributed by atoms with Gasteiger partial charge in [-0.05, 0) is 26.0 Å². The number of nitrogens with one attached hydrogen (secondary N) is 2. The van der Waals surface area contributed by atoms with Crippen molar-refractivity contribution in [3.8, 4) is 0 Å². The molecule has 0 bridgehead atoms. The average Bonchev–Trinajstić information content (AvgIpc) is 2.36. The van der Waals surface area contributed by atoms with Crippen LogP contribution in [0, 0.1) is 0 Å². The fourth-order valence-electron chi connectivity index (χ4n) is 1.27. The lowest BCUT2D eigenvalue weighted by molar-refractivity contribution is 0.0229. The molecule has 0 saturated carbocycles. The van der Waals surface area contributed by atoms with Gasteiger partial charge in [-0.2, -0.15) is 0 Å². The number of benzene rings is 1. The zero-order valence-electron chi connectivity index (χ0n) is 10.4. The number of rotatable bonds is 5. The number of anilines is 1. The summed E-state index contributed by atoms with van der Waals surface area (Å²) >= 11 is 0. The van der Waals surface area contributed by atoms with Crippen LogP contribution in [-0.4, -0.2) is 25.2 Å². The van der Waals surface area contributed by atoms with Crippen molar-refractivity contribution >= 4 is 11.6 Å². The van der Waals surface area contributed by atoms with Crippen LogP contribution < -0.4 is 16.6 Å². The van der Waals surface area contributed by atoms with Crippen LogP contribution >= 0.6 is 0 Å². The third kappa shape index (κ3) is 3.72. The first kappa shape index (κ1) is 13.5. The molecule has 1 amide bonds. The topological polar surface area (TPSA) is 76.4 Å². The number of carbonyl (C=O) groups excluding carboxylic acids is 1. The summed E-state index contributed by atoms with van der Waals surface area (Å²) in [7, 11) is 1.61. The standard InChI is InChI=1S/C12H19N3O2/c1-12(2,17-3)8-14-11(16)9-6-4-5-7-10(9)15-13/h4-7,15H,8,13H2,1-3H3,(H,14,16). The van der Waals surface area contributed by atoms with Crippen LogP contribution in [0.5, 0.6) is 0 Å². The van der Waals surface area contributed by atoms with Gasteiger partial charge in [0.25, 0.3) is 5.91 Å². The van der Waals surface area contributed by atoms with E-state index in [1.165, 1.54) is 0 Å². The van der Waals surface area contributed by atoms with Gasteiger partial charge < -0.3 is 15.5 Å². The number of nitrogen functional groups attached to an aromatic ring is 1. The fourth-order valence-corrected chi connectivity index (χ4v) is 1.27. The van der Waals surface area contributed by atoms with E-state index in [2.05, 4.69) is 10.7 Å². The molecule has 1 rings (SSSR count). The summed E-state index contributed by atoms with van der Waals surface area (Å²) in [4.78, 5) is 11.9. The molecule has 0 atom stereocenters. The number of methoxy groups -OCH3 is 1. The van der Waals surface area contributed by atoms with Crippen LogP contribution in [0.25, 0.3) is 0 Å². The number of nitrogens with two attached hydrogens (primary N) is 1. The van der Waals surface area contributed by atoms with Gasteiger partial charge in [0.15, 0.2) is 0 Å². The quantitative estimate of drug-likeness (QED) is 0.530. The van der Waals surface area contributed by atoms with E-state index in [4.69, 9.17) is 10.6 Å². The molecule has 0 spiro atoms. The van der Waals surface area contributed by atoms with Crippen molar-refractivity contribution in [2.45, 2.75) is 19.4 Å². The summed E-state index contributed by atoms with van der Waals surface area (Å²) in [5.41, 5.74) is 3.22. The SMILES string of the molecule is COC(C)(C)CNC(=O)c1ccccc1NN. The highest BCUT2D eigenvalue weighted by atomic mass is 16.5. The van der Waals surface area contributed by atoms with Gasteiger partial charge in [-0.1, -0.05) is 12.1 Å². The molecule has 0 aliphatic rings. The van der Waals surface area contributed by atoms with Gasteiger partial charge in [-0.15, -0.1) is 0 Å². The number of amides is 1. The maximum atomic E-state index is 11.9. The molecular weight excluding hydrogens is 218 g/mol. The number of ether oxygens (including phenoxy) is 1. The molecule has 94 valence electrons. The van der Waals surface area contributed by atoms with E-state index in [9.17, 15) is 4.79 Å². The molecular formula is C12H19N3O2. The van der Waals surface area contributed by atoms with Crippen molar-refractivity contribution in [2.24, 2.45) is 5.84 Å². The Bertz CT molecular complexity index is 391. The van der Waals surface area contributed by atoms with E-state index >= 15 is 0 Å². The Balaban J connectivity index is 2.70. The van der Waals surface area contributed by atoms with Crippen molar-refractivity contribution in [1.29, 1.82) is 0 Å². The van der Waals surface area contributed by atoms with Crippen LogP contribution in [0.15, 0.2) is 24.3 Å². The molecule has 5 heteroatoms. The Kier molecular flexibility index (Phi) is 4.48. The normalized spacial score (nSPS) is 11.1. The minimum Gasteiger partial charge on any atom is -0.377 e. The third-order valence-electron chi connectivity index (χ3n) is 2.55. The fraction of sp³-hybridized carbons (Fsp3) is 0.417. The summed E-state index contributed by atoms with van der Waals surface area (Å²) in [6.45, 7) is 4.24. The highest BCUT2D eigenvalue weighted by molar-refractivity contribution is 5.99. The lowest BCUT2D eigenvalue weighted by atomic mass is 10.1. The zero-order chi connectivity index (χ0) is 12.9. The molecule has 1 aromatic rings. The number of carbonyl (C=O) groups is 1. The second-order valence-corrected chi connectivity index (χ2v) is 4.34. The van der Waals surface area contributed by atoms with Crippen molar-refractivity contribution < 1.29 is 9.53 Å². The number of hydrogen-bond acceptors (Lipinski definition) is 4. The van der Waals surface area contributed by atoms with Crippen LogP contribution in [0.4, 0.5) is 5.69 Å². The van der Waals surface area contributed by atoms with Gasteiger partial charge in [0.1, 0.15) is 0 Å². The van der Waals surface area contributed by atoms with E-state index in [0.29, 0.717) is 17.8 Å². The molecule has 0 saturated heterocycles. The molecule has 0 aliphatic heterocycles. The lowest BCUT2D eigenvalue weighted by Crippen LogP contribution is -2.40. The highest BCUT2D eigenvalue weighted by Crippen LogP contribution is 2.13. The van der Waals surface area contributed by atoms with E-state index in [1.54, 1.807) is 25.3 Å². The van der Waals surface area contributed by atoms with Crippen LogP contribution in [-0.2, 0) is 4.74 Å². The Morgan fingerprint density at radius 2 is 2.06 bits per heavy atom. The summed E-state index contributed by atoms with van der Waals surface area (Å²) in [6.07, 6.45) is 0. The van der Waals surface area contributed by atoms with Gasteiger partial charge in [-0.25, -0.2) is 0 Å². The maximum Gasteiger partial charge on any atom is 0.253 e. The van der Waals surface area contributed by atoms with Crippen molar-refractivity contribution in [3.63, 3.8) is 0 Å². The summed E-state index contributed by atoms with van der Waals surface area (Å²) < 4.78 is 5.23. The molecule has 4 N–H and O–H groups in total. The minimum absolute atomic E-state index is 0.177. The number of hydrazine groups is 1. The predicted molar refractivity (Wildman–Crippen MR) is 67.7 cm³/mol. The van der Waals surface area contributed by atoms with Gasteiger partial charge >= 0.3 is 0 Å². The zero-order valence-corrected chi connectivity index (χ0v) is 10.4. The Labute approximate surface area is 101 Å². The third-order valence-corrected chi connectivity index (χ3v) is 2.55. The van der Waals surface area contributed by atoms with Gasteiger partial charge in [-0.3, -0.25) is 10.6 Å². The number of para-hydroxylation sites is 1.